The summed E-state index contributed by atoms with van der Waals surface area (Å²) in [5.41, 5.74) is 0. The Bertz CT molecular complexity index is 650. The molecule has 0 aromatic rings. The first kappa shape index (κ1) is 33.3. The molecular weight excluding hydrogens is 476 g/mol. The molecule has 1 rings (SSSR count). The molecule has 0 saturated carbocycles. The number of carbonyl (C=O) groups is 3. The number of hydrogen-bond acceptors (Lipinski definition) is 7. The monoisotopic (exact) mass is 528 g/mol. The van der Waals surface area contributed by atoms with Gasteiger partial charge in [0.15, 0.2) is 0 Å². The lowest BCUT2D eigenvalue weighted by Gasteiger charge is -2.34. The highest BCUT2D eigenvalue weighted by molar-refractivity contribution is 5.73. The molecule has 0 aliphatic carbocycles. The maximum atomic E-state index is 12.2. The van der Waals surface area contributed by atoms with E-state index in [4.69, 9.17) is 0 Å². The standard InChI is InChI=1S/C27H52N4O6/c1-3-4-5-6-7-8-9-10-11-12-13-24(27(36)37)31-20-15-28(2)14-16-29(22-25(32)33)17-18-30(19-21-31)23-26(34)35/h24H,3-23H2,1-2H3,(H,32,33)(H,34,35)(H,36,37). The molecule has 216 valence electrons. The summed E-state index contributed by atoms with van der Waals surface area (Å²) in [6, 6.07) is -0.583. The number of carboxylic acid groups (broad SMARTS) is 3. The van der Waals surface area contributed by atoms with Crippen molar-refractivity contribution in [3.05, 3.63) is 0 Å². The molecule has 3 N–H and O–H groups in total. The van der Waals surface area contributed by atoms with E-state index in [2.05, 4.69) is 11.8 Å². The average molecular weight is 529 g/mol. The summed E-state index contributed by atoms with van der Waals surface area (Å²) < 4.78 is 0. The molecular formula is C27H52N4O6. The van der Waals surface area contributed by atoms with Crippen LogP contribution in [0.5, 0.6) is 0 Å². The number of likely N-dealkylation sites (N-methyl/N-ethyl adjacent to an activating group) is 1. The van der Waals surface area contributed by atoms with E-state index >= 15 is 0 Å². The Morgan fingerprint density at radius 1 is 0.622 bits per heavy atom. The van der Waals surface area contributed by atoms with Crippen molar-refractivity contribution in [2.75, 3.05) is 72.5 Å². The number of rotatable bonds is 17. The minimum Gasteiger partial charge on any atom is -0.480 e. The molecule has 1 fully saturated rings. The number of nitrogens with zero attached hydrogens (tertiary/aromatic N) is 4. The van der Waals surface area contributed by atoms with Gasteiger partial charge in [0.05, 0.1) is 13.1 Å². The van der Waals surface area contributed by atoms with Gasteiger partial charge in [-0.2, -0.15) is 0 Å². The number of carboxylic acids is 3. The number of unbranched alkanes of at least 4 members (excludes halogenated alkanes) is 9. The zero-order valence-electron chi connectivity index (χ0n) is 23.3. The average Bonchev–Trinajstić information content (AvgIpc) is 2.83. The fourth-order valence-electron chi connectivity index (χ4n) is 4.91. The zero-order valence-corrected chi connectivity index (χ0v) is 23.3. The van der Waals surface area contributed by atoms with Crippen molar-refractivity contribution in [1.29, 1.82) is 0 Å². The fraction of sp³-hybridized carbons (Fsp3) is 0.889. The Hall–Kier alpha value is -1.75. The van der Waals surface area contributed by atoms with Crippen LogP contribution < -0.4 is 0 Å². The van der Waals surface area contributed by atoms with Crippen molar-refractivity contribution >= 4 is 17.9 Å². The maximum Gasteiger partial charge on any atom is 0.320 e. The fourth-order valence-corrected chi connectivity index (χ4v) is 4.91. The Kier molecular flexibility index (Phi) is 18.2. The van der Waals surface area contributed by atoms with E-state index in [9.17, 15) is 29.7 Å². The van der Waals surface area contributed by atoms with Gasteiger partial charge in [0, 0.05) is 52.4 Å². The van der Waals surface area contributed by atoms with Crippen LogP contribution in [0.2, 0.25) is 0 Å². The van der Waals surface area contributed by atoms with Gasteiger partial charge in [0.25, 0.3) is 0 Å². The predicted molar refractivity (Wildman–Crippen MR) is 145 cm³/mol. The van der Waals surface area contributed by atoms with Crippen LogP contribution >= 0.6 is 0 Å². The summed E-state index contributed by atoms with van der Waals surface area (Å²) >= 11 is 0. The minimum atomic E-state index is -0.941. The molecule has 0 aromatic carbocycles. The van der Waals surface area contributed by atoms with Crippen LogP contribution in [-0.2, 0) is 14.4 Å². The summed E-state index contributed by atoms with van der Waals surface area (Å²) in [6.07, 6.45) is 12.6. The van der Waals surface area contributed by atoms with Gasteiger partial charge in [-0.05, 0) is 13.5 Å². The topological polar surface area (TPSA) is 125 Å². The second-order valence-corrected chi connectivity index (χ2v) is 10.5. The van der Waals surface area contributed by atoms with Gasteiger partial charge < -0.3 is 20.2 Å². The first-order chi connectivity index (χ1) is 17.7. The Morgan fingerprint density at radius 2 is 1.03 bits per heavy atom. The van der Waals surface area contributed by atoms with Gasteiger partial charge in [-0.25, -0.2) is 0 Å². The van der Waals surface area contributed by atoms with Gasteiger partial charge in [-0.15, -0.1) is 0 Å². The molecule has 1 heterocycles. The Labute approximate surface area is 223 Å². The third-order valence-corrected chi connectivity index (χ3v) is 7.28. The SMILES string of the molecule is CCCCCCCCCCCCC(C(=O)O)N1CCN(C)CCN(CC(=O)O)CCN(CC(=O)O)CC1. The molecule has 10 nitrogen and oxygen atoms in total. The van der Waals surface area contributed by atoms with E-state index in [1.165, 1.54) is 44.9 Å². The van der Waals surface area contributed by atoms with Gasteiger partial charge in [-0.1, -0.05) is 71.1 Å². The smallest absolute Gasteiger partial charge is 0.320 e. The van der Waals surface area contributed by atoms with Gasteiger partial charge in [0.1, 0.15) is 6.04 Å². The third kappa shape index (κ3) is 16.7. The minimum absolute atomic E-state index is 0.0825. The first-order valence-electron chi connectivity index (χ1n) is 14.3. The summed E-state index contributed by atoms with van der Waals surface area (Å²) in [7, 11) is 1.97. The van der Waals surface area contributed by atoms with E-state index in [-0.39, 0.29) is 13.1 Å². The van der Waals surface area contributed by atoms with Crippen LogP contribution in [0.15, 0.2) is 0 Å². The van der Waals surface area contributed by atoms with Crippen LogP contribution in [0.1, 0.15) is 77.6 Å². The molecule has 1 saturated heterocycles. The third-order valence-electron chi connectivity index (χ3n) is 7.28. The molecule has 0 radical (unpaired) electrons. The second kappa shape index (κ2) is 20.2. The van der Waals surface area contributed by atoms with Crippen LogP contribution in [0.4, 0.5) is 0 Å². The van der Waals surface area contributed by atoms with Crippen molar-refractivity contribution in [2.24, 2.45) is 0 Å². The van der Waals surface area contributed by atoms with E-state index < -0.39 is 23.9 Å². The second-order valence-electron chi connectivity index (χ2n) is 10.5. The lowest BCUT2D eigenvalue weighted by Crippen LogP contribution is -2.50. The molecule has 1 aliphatic rings. The van der Waals surface area contributed by atoms with Crippen LogP contribution in [0.25, 0.3) is 0 Å². The van der Waals surface area contributed by atoms with Gasteiger partial charge in [0.2, 0.25) is 0 Å². The first-order valence-corrected chi connectivity index (χ1v) is 14.3. The van der Waals surface area contributed by atoms with Crippen LogP contribution in [-0.4, -0.2) is 131 Å². The number of aliphatic carboxylic acids is 3. The van der Waals surface area contributed by atoms with Crippen molar-refractivity contribution < 1.29 is 29.7 Å². The Balaban J connectivity index is 2.66. The van der Waals surface area contributed by atoms with Crippen LogP contribution in [0.3, 0.4) is 0 Å². The van der Waals surface area contributed by atoms with Crippen molar-refractivity contribution in [1.82, 2.24) is 19.6 Å². The normalized spacial score (nSPS) is 18.6. The summed E-state index contributed by atoms with van der Waals surface area (Å²) in [5, 5.41) is 28.6. The van der Waals surface area contributed by atoms with Crippen LogP contribution in [0, 0.1) is 0 Å². The molecule has 1 unspecified atom stereocenters. The summed E-state index contributed by atoms with van der Waals surface area (Å²) in [4.78, 5) is 42.6. The lowest BCUT2D eigenvalue weighted by atomic mass is 10.0. The van der Waals surface area contributed by atoms with Gasteiger partial charge >= 0.3 is 17.9 Å². The van der Waals surface area contributed by atoms with Crippen molar-refractivity contribution in [3.8, 4) is 0 Å². The van der Waals surface area contributed by atoms with E-state index in [1.54, 1.807) is 4.90 Å². The molecule has 0 spiro atoms. The lowest BCUT2D eigenvalue weighted by molar-refractivity contribution is -0.144. The molecule has 1 aliphatic heterocycles. The Morgan fingerprint density at radius 3 is 1.51 bits per heavy atom. The highest BCUT2D eigenvalue weighted by atomic mass is 16.4. The summed E-state index contributed by atoms with van der Waals surface area (Å²) in [5.74, 6) is -2.66. The van der Waals surface area contributed by atoms with Crippen molar-refractivity contribution in [2.45, 2.75) is 83.6 Å². The largest absolute Gasteiger partial charge is 0.480 e. The molecule has 1 atom stereocenters. The van der Waals surface area contributed by atoms with E-state index in [0.29, 0.717) is 58.8 Å². The van der Waals surface area contributed by atoms with Crippen molar-refractivity contribution in [3.63, 3.8) is 0 Å². The molecule has 0 amide bonds. The molecule has 37 heavy (non-hydrogen) atoms. The van der Waals surface area contributed by atoms with E-state index in [0.717, 1.165) is 19.3 Å². The summed E-state index contributed by atoms with van der Waals surface area (Å²) in [6.45, 7) is 6.24. The quantitative estimate of drug-likeness (QED) is 0.243. The zero-order chi connectivity index (χ0) is 27.5. The predicted octanol–water partition coefficient (Wildman–Crippen LogP) is 2.77. The maximum absolute atomic E-state index is 12.2. The van der Waals surface area contributed by atoms with E-state index in [1.807, 2.05) is 16.8 Å². The molecule has 10 heteroatoms. The van der Waals surface area contributed by atoms with Gasteiger partial charge in [-0.3, -0.25) is 29.1 Å². The highest BCUT2D eigenvalue weighted by Gasteiger charge is 2.26. The molecule has 0 bridgehead atoms. The number of hydrogen-bond donors (Lipinski definition) is 3. The molecule has 0 aromatic heterocycles. The highest BCUT2D eigenvalue weighted by Crippen LogP contribution is 2.15.